The molecule has 0 amide bonds. The second-order valence-corrected chi connectivity index (χ2v) is 3.47. The first-order valence-corrected chi connectivity index (χ1v) is 5.62. The molecule has 0 N–H and O–H groups in total. The van der Waals surface area contributed by atoms with Gasteiger partial charge in [-0.2, -0.15) is 0 Å². The summed E-state index contributed by atoms with van der Waals surface area (Å²) in [5.41, 5.74) is 0. The first kappa shape index (κ1) is 12.1. The van der Waals surface area contributed by atoms with E-state index in [9.17, 15) is 0 Å². The third-order valence-corrected chi connectivity index (χ3v) is 2.12. The lowest BCUT2D eigenvalue weighted by molar-refractivity contribution is 0.134. The van der Waals surface area contributed by atoms with Crippen LogP contribution in [0.3, 0.4) is 0 Å². The number of hydrogen-bond donors (Lipinski definition) is 0. The van der Waals surface area contributed by atoms with Crippen LogP contribution in [0.25, 0.3) is 0 Å². The molecule has 0 rings (SSSR count). The van der Waals surface area contributed by atoms with E-state index in [0.717, 1.165) is 19.6 Å². The Kier molecular flexibility index (Phi) is 11.3. The van der Waals surface area contributed by atoms with Crippen molar-refractivity contribution in [1.29, 1.82) is 0 Å². The Morgan fingerprint density at radius 2 is 1.83 bits per heavy atom. The molecule has 1 unspecified atom stereocenters. The number of ether oxygens (including phenoxy) is 1. The van der Waals surface area contributed by atoms with Crippen molar-refractivity contribution in [3.63, 3.8) is 0 Å². The highest BCUT2D eigenvalue weighted by molar-refractivity contribution is 7.16. The number of rotatable bonds is 9. The van der Waals surface area contributed by atoms with Crippen LogP contribution in [0.4, 0.5) is 0 Å². The molecule has 12 heavy (non-hydrogen) atoms. The fraction of sp³-hybridized carbons (Fsp3) is 0.800. The van der Waals surface area contributed by atoms with Gasteiger partial charge in [0.1, 0.15) is 0 Å². The van der Waals surface area contributed by atoms with Crippen LogP contribution < -0.4 is 0 Å². The molecule has 0 fully saturated rings. The Hall–Kier alpha value is 0.130. The average Bonchev–Trinajstić information content (AvgIpc) is 2.10. The zero-order valence-electron chi connectivity index (χ0n) is 7.93. The van der Waals surface area contributed by atoms with Crippen molar-refractivity contribution < 1.29 is 4.74 Å². The fourth-order valence-corrected chi connectivity index (χ4v) is 1.26. The van der Waals surface area contributed by atoms with Gasteiger partial charge in [-0.3, -0.25) is 0 Å². The second-order valence-electron chi connectivity index (χ2n) is 2.89. The Bertz CT molecular complexity index is 93.8. The molecule has 72 valence electrons. The van der Waals surface area contributed by atoms with Crippen molar-refractivity contribution in [2.75, 3.05) is 19.4 Å². The van der Waals surface area contributed by atoms with Gasteiger partial charge in [0.25, 0.3) is 0 Å². The van der Waals surface area contributed by atoms with Crippen molar-refractivity contribution in [2.24, 2.45) is 0 Å². The van der Waals surface area contributed by atoms with Gasteiger partial charge in [0.2, 0.25) is 0 Å². The SMILES string of the molecule is C=CCCOCCCCCCP. The van der Waals surface area contributed by atoms with E-state index >= 15 is 0 Å². The highest BCUT2D eigenvalue weighted by Gasteiger charge is 1.88. The van der Waals surface area contributed by atoms with E-state index in [1.807, 2.05) is 6.08 Å². The van der Waals surface area contributed by atoms with Crippen molar-refractivity contribution >= 4 is 9.24 Å². The topological polar surface area (TPSA) is 9.23 Å². The Morgan fingerprint density at radius 3 is 2.50 bits per heavy atom. The molecule has 0 aromatic carbocycles. The standard InChI is InChI=1S/C10H21OP/c1-2-3-8-11-9-6-4-5-7-10-12/h2H,1,3-10,12H2. The monoisotopic (exact) mass is 188 g/mol. The van der Waals surface area contributed by atoms with Crippen molar-refractivity contribution in [3.8, 4) is 0 Å². The molecule has 0 heterocycles. The first-order chi connectivity index (χ1) is 5.91. The highest BCUT2D eigenvalue weighted by Crippen LogP contribution is 2.02. The maximum atomic E-state index is 5.38. The van der Waals surface area contributed by atoms with E-state index < -0.39 is 0 Å². The minimum atomic E-state index is 0.840. The molecule has 0 bridgehead atoms. The van der Waals surface area contributed by atoms with Crippen LogP contribution in [0.2, 0.25) is 0 Å². The van der Waals surface area contributed by atoms with Gasteiger partial charge in [-0.05, 0) is 25.4 Å². The lowest BCUT2D eigenvalue weighted by Gasteiger charge is -2.01. The molecule has 0 aliphatic heterocycles. The molecule has 2 heteroatoms. The zero-order chi connectivity index (χ0) is 9.07. The van der Waals surface area contributed by atoms with Crippen LogP contribution in [0.15, 0.2) is 12.7 Å². The maximum absolute atomic E-state index is 5.38. The van der Waals surface area contributed by atoms with Gasteiger partial charge >= 0.3 is 0 Å². The quantitative estimate of drug-likeness (QED) is 0.307. The number of unbranched alkanes of at least 4 members (excludes halogenated alkanes) is 3. The molecular weight excluding hydrogens is 167 g/mol. The van der Waals surface area contributed by atoms with E-state index in [1.165, 1.54) is 31.8 Å². The van der Waals surface area contributed by atoms with Gasteiger partial charge in [0, 0.05) is 13.2 Å². The summed E-state index contributed by atoms with van der Waals surface area (Å²) in [4.78, 5) is 0. The Labute approximate surface area is 78.8 Å². The summed E-state index contributed by atoms with van der Waals surface area (Å²) >= 11 is 0. The molecule has 0 aliphatic carbocycles. The zero-order valence-corrected chi connectivity index (χ0v) is 9.08. The fourth-order valence-electron chi connectivity index (χ4n) is 0.971. The van der Waals surface area contributed by atoms with E-state index in [2.05, 4.69) is 15.8 Å². The lowest BCUT2D eigenvalue weighted by Crippen LogP contribution is -1.95. The van der Waals surface area contributed by atoms with E-state index in [0.29, 0.717) is 0 Å². The molecular formula is C10H21OP. The van der Waals surface area contributed by atoms with E-state index in [-0.39, 0.29) is 0 Å². The highest BCUT2D eigenvalue weighted by atomic mass is 31.0. The van der Waals surface area contributed by atoms with Gasteiger partial charge in [0.15, 0.2) is 0 Å². The van der Waals surface area contributed by atoms with Crippen molar-refractivity contribution in [1.82, 2.24) is 0 Å². The molecule has 0 aromatic heterocycles. The predicted octanol–water partition coefficient (Wildman–Crippen LogP) is 3.01. The molecule has 0 saturated carbocycles. The van der Waals surface area contributed by atoms with Crippen LogP contribution >= 0.6 is 9.24 Å². The Morgan fingerprint density at radius 1 is 1.08 bits per heavy atom. The van der Waals surface area contributed by atoms with Crippen LogP contribution in [-0.2, 0) is 4.74 Å². The third-order valence-electron chi connectivity index (χ3n) is 1.71. The smallest absolute Gasteiger partial charge is 0.0500 e. The van der Waals surface area contributed by atoms with Crippen LogP contribution in [0.5, 0.6) is 0 Å². The molecule has 0 spiro atoms. The molecule has 0 aromatic rings. The summed E-state index contributed by atoms with van der Waals surface area (Å²) in [5, 5.41) is 0. The van der Waals surface area contributed by atoms with Crippen LogP contribution in [-0.4, -0.2) is 19.4 Å². The normalized spacial score (nSPS) is 10.1. The molecule has 0 aliphatic rings. The van der Waals surface area contributed by atoms with Crippen LogP contribution in [0.1, 0.15) is 32.1 Å². The van der Waals surface area contributed by atoms with Gasteiger partial charge in [-0.25, -0.2) is 0 Å². The summed E-state index contributed by atoms with van der Waals surface area (Å²) in [5.74, 6) is 0. The van der Waals surface area contributed by atoms with Gasteiger partial charge in [-0.1, -0.05) is 18.9 Å². The average molecular weight is 188 g/mol. The molecule has 1 nitrogen and oxygen atoms in total. The molecule has 1 atom stereocenters. The van der Waals surface area contributed by atoms with Crippen LogP contribution in [0, 0.1) is 0 Å². The van der Waals surface area contributed by atoms with Crippen molar-refractivity contribution in [2.45, 2.75) is 32.1 Å². The first-order valence-electron chi connectivity index (χ1n) is 4.80. The largest absolute Gasteiger partial charge is 0.381 e. The molecule has 0 radical (unpaired) electrons. The van der Waals surface area contributed by atoms with Gasteiger partial charge in [-0.15, -0.1) is 15.8 Å². The Balaban J connectivity index is 2.77. The maximum Gasteiger partial charge on any atom is 0.0500 e. The summed E-state index contributed by atoms with van der Waals surface area (Å²) in [6.07, 6.45) is 9.30. The van der Waals surface area contributed by atoms with Gasteiger partial charge < -0.3 is 4.74 Å². The molecule has 0 saturated heterocycles. The third kappa shape index (κ3) is 10.1. The van der Waals surface area contributed by atoms with Crippen molar-refractivity contribution in [3.05, 3.63) is 12.7 Å². The van der Waals surface area contributed by atoms with E-state index in [4.69, 9.17) is 4.74 Å². The lowest BCUT2D eigenvalue weighted by atomic mass is 10.2. The minimum Gasteiger partial charge on any atom is -0.381 e. The summed E-state index contributed by atoms with van der Waals surface area (Å²) < 4.78 is 5.38. The van der Waals surface area contributed by atoms with Gasteiger partial charge in [0.05, 0.1) is 0 Å². The second kappa shape index (κ2) is 11.1. The minimum absolute atomic E-state index is 0.840. The summed E-state index contributed by atoms with van der Waals surface area (Å²) in [6, 6.07) is 0. The predicted molar refractivity (Wildman–Crippen MR) is 58.7 cm³/mol. The van der Waals surface area contributed by atoms with E-state index in [1.54, 1.807) is 0 Å². The summed E-state index contributed by atoms with van der Waals surface area (Å²) in [7, 11) is 2.76. The summed E-state index contributed by atoms with van der Waals surface area (Å²) in [6.45, 7) is 5.40. The number of hydrogen-bond acceptors (Lipinski definition) is 1.